The second kappa shape index (κ2) is 4.44. The van der Waals surface area contributed by atoms with E-state index in [1.54, 1.807) is 0 Å². The highest BCUT2D eigenvalue weighted by Gasteiger charge is 2.33. The average Bonchev–Trinajstić information content (AvgIpc) is 2.78. The fourth-order valence-corrected chi connectivity index (χ4v) is 3.62. The number of benzene rings is 1. The summed E-state index contributed by atoms with van der Waals surface area (Å²) in [6.07, 6.45) is 1.08. The van der Waals surface area contributed by atoms with E-state index >= 15 is 0 Å². The van der Waals surface area contributed by atoms with Crippen LogP contribution in [0.15, 0.2) is 29.2 Å². The summed E-state index contributed by atoms with van der Waals surface area (Å²) in [6, 6.07) is 4.77. The van der Waals surface area contributed by atoms with Crippen LogP contribution in [-0.2, 0) is 14.6 Å². The van der Waals surface area contributed by atoms with Crippen LogP contribution in [0.2, 0.25) is 0 Å². The molecule has 0 saturated carbocycles. The molecule has 1 atom stereocenters. The first-order chi connectivity index (χ1) is 8.04. The molecule has 1 saturated heterocycles. The van der Waals surface area contributed by atoms with Gasteiger partial charge in [-0.3, -0.25) is 4.79 Å². The van der Waals surface area contributed by atoms with Crippen molar-refractivity contribution in [3.05, 3.63) is 30.1 Å². The van der Waals surface area contributed by atoms with E-state index in [-0.39, 0.29) is 11.4 Å². The van der Waals surface area contributed by atoms with Crippen LogP contribution in [0.5, 0.6) is 0 Å². The fraction of sp³-hybridized carbons (Fsp3) is 0.364. The molecule has 92 valence electrons. The smallest absolute Gasteiger partial charge is 0.209 e. The Morgan fingerprint density at radius 3 is 2.47 bits per heavy atom. The van der Waals surface area contributed by atoms with Crippen LogP contribution < -0.4 is 0 Å². The van der Waals surface area contributed by atoms with Crippen LogP contribution in [-0.4, -0.2) is 38.1 Å². The van der Waals surface area contributed by atoms with Crippen LogP contribution in [0.1, 0.15) is 6.42 Å². The first kappa shape index (κ1) is 12.0. The van der Waals surface area contributed by atoms with Gasteiger partial charge in [-0.2, -0.15) is 0 Å². The number of hydrogen-bond acceptors (Lipinski definition) is 3. The molecule has 0 aromatic heterocycles. The third kappa shape index (κ3) is 2.31. The van der Waals surface area contributed by atoms with Gasteiger partial charge in [-0.05, 0) is 30.7 Å². The Kier molecular flexibility index (Phi) is 3.15. The summed E-state index contributed by atoms with van der Waals surface area (Å²) in [5, 5.41) is -0.585. The average molecular weight is 257 g/mol. The highest BCUT2D eigenvalue weighted by Crippen LogP contribution is 2.23. The second-order valence-electron chi connectivity index (χ2n) is 4.01. The monoisotopic (exact) mass is 257 g/mol. The maximum atomic E-state index is 12.7. The number of amides is 1. The molecule has 0 aliphatic carbocycles. The molecule has 1 aromatic carbocycles. The zero-order valence-electron chi connectivity index (χ0n) is 9.04. The Morgan fingerprint density at radius 2 is 1.94 bits per heavy atom. The van der Waals surface area contributed by atoms with E-state index in [2.05, 4.69) is 0 Å². The van der Waals surface area contributed by atoms with Gasteiger partial charge in [0, 0.05) is 13.1 Å². The lowest BCUT2D eigenvalue weighted by molar-refractivity contribution is -0.117. The van der Waals surface area contributed by atoms with E-state index in [9.17, 15) is 17.6 Å². The Hall–Kier alpha value is -1.43. The number of nitrogens with zero attached hydrogens (tertiary/aromatic N) is 1. The minimum atomic E-state index is -3.47. The van der Waals surface area contributed by atoms with Gasteiger partial charge in [0.25, 0.3) is 0 Å². The van der Waals surface area contributed by atoms with E-state index in [4.69, 9.17) is 0 Å². The van der Waals surface area contributed by atoms with Gasteiger partial charge >= 0.3 is 0 Å². The predicted octanol–water partition coefficient (Wildman–Crippen LogP) is 0.830. The Labute approximate surface area is 99.0 Å². The third-order valence-corrected chi connectivity index (χ3v) is 5.10. The molecule has 4 nitrogen and oxygen atoms in total. The highest BCUT2D eigenvalue weighted by molar-refractivity contribution is 7.92. The van der Waals surface area contributed by atoms with Gasteiger partial charge in [0.2, 0.25) is 6.41 Å². The molecule has 1 aromatic rings. The van der Waals surface area contributed by atoms with E-state index < -0.39 is 20.9 Å². The zero-order valence-corrected chi connectivity index (χ0v) is 9.86. The summed E-state index contributed by atoms with van der Waals surface area (Å²) in [6.45, 7) is 0.664. The zero-order chi connectivity index (χ0) is 12.5. The van der Waals surface area contributed by atoms with Crippen molar-refractivity contribution in [2.45, 2.75) is 16.6 Å². The van der Waals surface area contributed by atoms with Crippen molar-refractivity contribution in [1.29, 1.82) is 0 Å². The SMILES string of the molecule is O=CN1CCC(S(=O)(=O)c2ccc(F)cc2)C1. The summed E-state index contributed by atoms with van der Waals surface area (Å²) in [4.78, 5) is 12.1. The molecule has 1 fully saturated rings. The van der Waals surface area contributed by atoms with Gasteiger partial charge in [0.05, 0.1) is 10.1 Å². The molecule has 1 heterocycles. The quantitative estimate of drug-likeness (QED) is 0.595. The van der Waals surface area contributed by atoms with Crippen molar-refractivity contribution in [3.8, 4) is 0 Å². The summed E-state index contributed by atoms with van der Waals surface area (Å²) in [5.41, 5.74) is 0. The molecule has 1 aliphatic rings. The number of hydrogen-bond donors (Lipinski definition) is 0. The predicted molar refractivity (Wildman–Crippen MR) is 59.6 cm³/mol. The van der Waals surface area contributed by atoms with Crippen molar-refractivity contribution in [1.82, 2.24) is 4.90 Å². The topological polar surface area (TPSA) is 54.5 Å². The highest BCUT2D eigenvalue weighted by atomic mass is 32.2. The number of sulfone groups is 1. The molecular weight excluding hydrogens is 245 g/mol. The number of likely N-dealkylation sites (tertiary alicyclic amines) is 1. The van der Waals surface area contributed by atoms with Crippen LogP contribution in [0, 0.1) is 5.82 Å². The maximum absolute atomic E-state index is 12.7. The molecule has 0 spiro atoms. The van der Waals surface area contributed by atoms with Crippen molar-refractivity contribution >= 4 is 16.2 Å². The summed E-state index contributed by atoms with van der Waals surface area (Å²) in [7, 11) is -3.47. The molecule has 1 unspecified atom stereocenters. The lowest BCUT2D eigenvalue weighted by atomic mass is 10.3. The molecule has 6 heteroatoms. The van der Waals surface area contributed by atoms with Crippen molar-refractivity contribution in [2.75, 3.05) is 13.1 Å². The Morgan fingerprint density at radius 1 is 1.29 bits per heavy atom. The first-order valence-electron chi connectivity index (χ1n) is 5.23. The Balaban J connectivity index is 2.25. The number of rotatable bonds is 3. The first-order valence-corrected chi connectivity index (χ1v) is 6.77. The molecule has 1 aliphatic heterocycles. The molecule has 0 N–H and O–H groups in total. The van der Waals surface area contributed by atoms with Gasteiger partial charge in [0.1, 0.15) is 5.82 Å². The molecule has 1 amide bonds. The Bertz CT molecular complexity index is 512. The van der Waals surface area contributed by atoms with Crippen molar-refractivity contribution in [3.63, 3.8) is 0 Å². The lowest BCUT2D eigenvalue weighted by Gasteiger charge is -2.11. The molecule has 0 radical (unpaired) electrons. The fourth-order valence-electron chi connectivity index (χ4n) is 1.92. The standard InChI is InChI=1S/C11H12FNO3S/c12-9-1-3-10(4-2-9)17(15,16)11-5-6-13(7-11)8-14/h1-4,8,11H,5-7H2. The van der Waals surface area contributed by atoms with E-state index in [1.165, 1.54) is 17.0 Å². The lowest BCUT2D eigenvalue weighted by Crippen LogP contribution is -2.26. The summed E-state index contributed by atoms with van der Waals surface area (Å²) in [5.74, 6) is -0.468. The third-order valence-electron chi connectivity index (χ3n) is 2.91. The number of carbonyl (C=O) groups is 1. The maximum Gasteiger partial charge on any atom is 0.209 e. The van der Waals surface area contributed by atoms with E-state index in [0.29, 0.717) is 19.4 Å². The van der Waals surface area contributed by atoms with Gasteiger partial charge in [0.15, 0.2) is 9.84 Å². The van der Waals surface area contributed by atoms with Crippen molar-refractivity contribution < 1.29 is 17.6 Å². The van der Waals surface area contributed by atoms with Crippen molar-refractivity contribution in [2.24, 2.45) is 0 Å². The second-order valence-corrected chi connectivity index (χ2v) is 6.24. The van der Waals surface area contributed by atoms with Crippen LogP contribution >= 0.6 is 0 Å². The molecule has 17 heavy (non-hydrogen) atoms. The van der Waals surface area contributed by atoms with Crippen LogP contribution in [0.3, 0.4) is 0 Å². The van der Waals surface area contributed by atoms with E-state index in [1.807, 2.05) is 0 Å². The van der Waals surface area contributed by atoms with Gasteiger partial charge in [-0.25, -0.2) is 12.8 Å². The normalized spacial score (nSPS) is 20.5. The molecule has 2 rings (SSSR count). The van der Waals surface area contributed by atoms with Crippen LogP contribution in [0.25, 0.3) is 0 Å². The number of halogens is 1. The summed E-state index contributed by atoms with van der Waals surface area (Å²) < 4.78 is 37.0. The molecular formula is C11H12FNO3S. The molecule has 0 bridgehead atoms. The minimum absolute atomic E-state index is 0.108. The van der Waals surface area contributed by atoms with Gasteiger partial charge in [-0.15, -0.1) is 0 Å². The van der Waals surface area contributed by atoms with E-state index in [0.717, 1.165) is 12.1 Å². The minimum Gasteiger partial charge on any atom is -0.344 e. The van der Waals surface area contributed by atoms with Gasteiger partial charge in [-0.1, -0.05) is 0 Å². The number of carbonyl (C=O) groups excluding carboxylic acids is 1. The van der Waals surface area contributed by atoms with Gasteiger partial charge < -0.3 is 4.90 Å². The largest absolute Gasteiger partial charge is 0.344 e. The summed E-state index contributed by atoms with van der Waals surface area (Å²) >= 11 is 0. The van der Waals surface area contributed by atoms with Crippen LogP contribution in [0.4, 0.5) is 4.39 Å².